The third kappa shape index (κ3) is 2.16. The van der Waals surface area contributed by atoms with Gasteiger partial charge in [-0.2, -0.15) is 0 Å². The number of carbonyl (C=O) groups is 2. The Bertz CT molecular complexity index is 1180. The Hall–Kier alpha value is -3.20. The second kappa shape index (κ2) is 6.41. The lowest BCUT2D eigenvalue weighted by molar-refractivity contribution is -0.312. The Balaban J connectivity index is 1.85. The standard InChI is InChI=1S/C24H23NO7/c1-13(2)12-25-21(27)19(26)18-20(14-8-10-15(31-3)11-9-14)32-24(30)17-7-5-4-6-16(17)23(28,29)22(18,24)25/h4-11,13,28-30H,12H2,1-3H3/t22-,24+/m1/s1. The number of carbonyl (C=O) groups excluding carboxylic acids is 2. The number of methoxy groups -OCH3 is 1. The maximum Gasteiger partial charge on any atom is 0.296 e. The van der Waals surface area contributed by atoms with Gasteiger partial charge in [0.2, 0.25) is 11.3 Å². The van der Waals surface area contributed by atoms with Crippen LogP contribution in [0.5, 0.6) is 5.75 Å². The number of ether oxygens (including phenoxy) is 2. The summed E-state index contributed by atoms with van der Waals surface area (Å²) in [5, 5.41) is 35.0. The minimum absolute atomic E-state index is 0.00644. The summed E-state index contributed by atoms with van der Waals surface area (Å²) in [4.78, 5) is 27.6. The van der Waals surface area contributed by atoms with Crippen molar-refractivity contribution in [3.05, 3.63) is 70.8 Å². The Morgan fingerprint density at radius 3 is 2.22 bits per heavy atom. The molecule has 3 aliphatic rings. The van der Waals surface area contributed by atoms with E-state index in [0.29, 0.717) is 11.3 Å². The minimum Gasteiger partial charge on any atom is -0.497 e. The van der Waals surface area contributed by atoms with Crippen LogP contribution in [-0.4, -0.2) is 51.1 Å². The summed E-state index contributed by atoms with van der Waals surface area (Å²) in [5.41, 5.74) is -2.06. The van der Waals surface area contributed by atoms with Crippen molar-refractivity contribution in [3.8, 4) is 5.75 Å². The van der Waals surface area contributed by atoms with E-state index < -0.39 is 28.8 Å². The second-order valence-corrected chi connectivity index (χ2v) is 8.75. The maximum absolute atomic E-state index is 13.3. The number of aliphatic hydroxyl groups is 3. The van der Waals surface area contributed by atoms with E-state index in [9.17, 15) is 24.9 Å². The van der Waals surface area contributed by atoms with Crippen molar-refractivity contribution in [2.75, 3.05) is 13.7 Å². The van der Waals surface area contributed by atoms with Gasteiger partial charge < -0.3 is 29.7 Å². The molecule has 2 heterocycles. The van der Waals surface area contributed by atoms with Crippen molar-refractivity contribution in [2.45, 2.75) is 31.0 Å². The lowest BCUT2D eigenvalue weighted by Crippen LogP contribution is -2.66. The second-order valence-electron chi connectivity index (χ2n) is 8.75. The fourth-order valence-electron chi connectivity index (χ4n) is 5.23. The number of benzene rings is 2. The van der Waals surface area contributed by atoms with E-state index in [1.807, 2.05) is 13.8 Å². The highest BCUT2D eigenvalue weighted by Crippen LogP contribution is 2.67. The number of nitrogens with zero attached hydrogens (tertiary/aromatic N) is 1. The van der Waals surface area contributed by atoms with Crippen LogP contribution < -0.4 is 4.74 Å². The predicted molar refractivity (Wildman–Crippen MR) is 112 cm³/mol. The molecule has 2 atom stereocenters. The lowest BCUT2D eigenvalue weighted by atomic mass is 9.78. The number of hydrogen-bond donors (Lipinski definition) is 3. The number of amides is 1. The molecule has 2 aromatic rings. The van der Waals surface area contributed by atoms with Crippen molar-refractivity contribution in [2.24, 2.45) is 5.92 Å². The van der Waals surface area contributed by atoms with Crippen LogP contribution in [0.4, 0.5) is 0 Å². The van der Waals surface area contributed by atoms with Gasteiger partial charge in [0.25, 0.3) is 17.5 Å². The molecular formula is C24H23NO7. The topological polar surface area (TPSA) is 117 Å². The number of Topliss-reactive ketones (excluding diaryl/α,β-unsaturated/α-hetero) is 1. The van der Waals surface area contributed by atoms with E-state index in [1.165, 1.54) is 19.2 Å². The van der Waals surface area contributed by atoms with E-state index in [0.717, 1.165) is 4.90 Å². The molecule has 8 heteroatoms. The highest BCUT2D eigenvalue weighted by atomic mass is 16.6. The van der Waals surface area contributed by atoms with Gasteiger partial charge in [-0.1, -0.05) is 38.1 Å². The van der Waals surface area contributed by atoms with E-state index in [2.05, 4.69) is 0 Å². The van der Waals surface area contributed by atoms with Crippen molar-refractivity contribution in [1.82, 2.24) is 4.90 Å². The molecule has 2 aromatic carbocycles. The van der Waals surface area contributed by atoms with Gasteiger partial charge in [-0.3, -0.25) is 9.59 Å². The predicted octanol–water partition coefficient (Wildman–Crippen LogP) is 1.24. The Morgan fingerprint density at radius 2 is 1.62 bits per heavy atom. The molecule has 0 saturated carbocycles. The van der Waals surface area contributed by atoms with Crippen LogP contribution in [0.15, 0.2) is 54.1 Å². The monoisotopic (exact) mass is 437 g/mol. The smallest absolute Gasteiger partial charge is 0.296 e. The summed E-state index contributed by atoms with van der Waals surface area (Å²) in [7, 11) is 1.51. The van der Waals surface area contributed by atoms with E-state index in [4.69, 9.17) is 9.47 Å². The van der Waals surface area contributed by atoms with Crippen LogP contribution in [0.1, 0.15) is 30.5 Å². The van der Waals surface area contributed by atoms with Crippen LogP contribution in [0.25, 0.3) is 5.76 Å². The van der Waals surface area contributed by atoms with Gasteiger partial charge in [-0.15, -0.1) is 0 Å². The van der Waals surface area contributed by atoms with Crippen molar-refractivity contribution >= 4 is 17.4 Å². The molecule has 166 valence electrons. The molecule has 5 rings (SSSR count). The molecule has 3 N–H and O–H groups in total. The molecule has 8 nitrogen and oxygen atoms in total. The summed E-state index contributed by atoms with van der Waals surface area (Å²) >= 11 is 0. The minimum atomic E-state index is -2.78. The summed E-state index contributed by atoms with van der Waals surface area (Å²) in [6.07, 6.45) is 0. The molecule has 2 aliphatic heterocycles. The summed E-state index contributed by atoms with van der Waals surface area (Å²) in [6, 6.07) is 12.7. The molecular weight excluding hydrogens is 414 g/mol. The third-order valence-electron chi connectivity index (χ3n) is 6.47. The highest BCUT2D eigenvalue weighted by Gasteiger charge is 2.85. The first kappa shape index (κ1) is 20.7. The molecule has 32 heavy (non-hydrogen) atoms. The van der Waals surface area contributed by atoms with E-state index in [-0.39, 0.29) is 34.9 Å². The molecule has 1 spiro atoms. The molecule has 0 bridgehead atoms. The zero-order valence-electron chi connectivity index (χ0n) is 17.8. The molecule has 1 fully saturated rings. The molecule has 1 amide bonds. The Morgan fingerprint density at radius 1 is 1.00 bits per heavy atom. The fraction of sp³-hybridized carbons (Fsp3) is 0.333. The van der Waals surface area contributed by atoms with Crippen molar-refractivity contribution in [3.63, 3.8) is 0 Å². The SMILES string of the molecule is COc1ccc(C2=C3C(=O)C(=O)N(CC(C)C)[C@@]34C(O)(O)c3ccccc3[C@]4(O)O2)cc1. The Kier molecular flexibility index (Phi) is 4.15. The van der Waals surface area contributed by atoms with Crippen LogP contribution in [-0.2, 0) is 25.9 Å². The summed E-state index contributed by atoms with van der Waals surface area (Å²) in [5.74, 6) is -6.65. The molecule has 1 aliphatic carbocycles. The quantitative estimate of drug-likeness (QED) is 0.487. The first-order chi connectivity index (χ1) is 15.1. The van der Waals surface area contributed by atoms with Crippen molar-refractivity contribution < 1.29 is 34.4 Å². The lowest BCUT2D eigenvalue weighted by Gasteiger charge is -2.45. The van der Waals surface area contributed by atoms with Gasteiger partial charge in [-0.05, 0) is 30.2 Å². The van der Waals surface area contributed by atoms with Crippen LogP contribution in [0.2, 0.25) is 0 Å². The average molecular weight is 437 g/mol. The highest BCUT2D eigenvalue weighted by molar-refractivity contribution is 6.48. The van der Waals surface area contributed by atoms with Gasteiger partial charge in [0, 0.05) is 23.2 Å². The number of ketones is 1. The first-order valence-corrected chi connectivity index (χ1v) is 10.3. The average Bonchev–Trinajstić information content (AvgIpc) is 3.24. The zero-order valence-corrected chi connectivity index (χ0v) is 17.8. The molecule has 0 radical (unpaired) electrons. The number of rotatable bonds is 4. The van der Waals surface area contributed by atoms with Gasteiger partial charge in [-0.25, -0.2) is 0 Å². The largest absolute Gasteiger partial charge is 0.497 e. The Labute approximate surface area is 184 Å². The first-order valence-electron chi connectivity index (χ1n) is 10.3. The number of fused-ring (bicyclic) bond motifs is 2. The third-order valence-corrected chi connectivity index (χ3v) is 6.47. The van der Waals surface area contributed by atoms with Gasteiger partial charge in [0.05, 0.1) is 12.7 Å². The summed E-state index contributed by atoms with van der Waals surface area (Å²) in [6.45, 7) is 3.66. The van der Waals surface area contributed by atoms with Crippen LogP contribution in [0.3, 0.4) is 0 Å². The van der Waals surface area contributed by atoms with E-state index in [1.54, 1.807) is 36.4 Å². The number of hydrogen-bond acceptors (Lipinski definition) is 7. The van der Waals surface area contributed by atoms with Gasteiger partial charge in [0.15, 0.2) is 0 Å². The zero-order chi connectivity index (χ0) is 23.1. The molecule has 0 aromatic heterocycles. The van der Waals surface area contributed by atoms with Crippen molar-refractivity contribution in [1.29, 1.82) is 0 Å². The van der Waals surface area contributed by atoms with Gasteiger partial charge >= 0.3 is 0 Å². The van der Waals surface area contributed by atoms with Crippen LogP contribution >= 0.6 is 0 Å². The normalized spacial score (nSPS) is 27.5. The summed E-state index contributed by atoms with van der Waals surface area (Å²) < 4.78 is 11.2. The maximum atomic E-state index is 13.3. The van der Waals surface area contributed by atoms with Gasteiger partial charge in [0.1, 0.15) is 11.5 Å². The van der Waals surface area contributed by atoms with Crippen LogP contribution in [0, 0.1) is 5.92 Å². The molecule has 1 saturated heterocycles. The fourth-order valence-corrected chi connectivity index (χ4v) is 5.23. The molecule has 0 unspecified atom stereocenters. The van der Waals surface area contributed by atoms with E-state index >= 15 is 0 Å². The number of likely N-dealkylation sites (tertiary alicyclic amines) is 1.